The Hall–Kier alpha value is -2.24. The maximum atomic E-state index is 11.4. The van der Waals surface area contributed by atoms with E-state index in [4.69, 9.17) is 15.7 Å². The SMILES string of the molecule is NC(CCCNC(=O)CCOc1ccccc1)=NO. The van der Waals surface area contributed by atoms with E-state index in [-0.39, 0.29) is 11.7 Å². The molecule has 1 aromatic rings. The van der Waals surface area contributed by atoms with Gasteiger partial charge in [0.15, 0.2) is 0 Å². The molecule has 0 aliphatic carbocycles. The Labute approximate surface area is 112 Å². The number of oxime groups is 1. The average molecular weight is 265 g/mol. The van der Waals surface area contributed by atoms with Crippen molar-refractivity contribution in [1.82, 2.24) is 5.32 Å². The number of amides is 1. The van der Waals surface area contributed by atoms with E-state index >= 15 is 0 Å². The van der Waals surface area contributed by atoms with E-state index in [1.807, 2.05) is 30.3 Å². The van der Waals surface area contributed by atoms with Gasteiger partial charge in [-0.2, -0.15) is 0 Å². The third-order valence-corrected chi connectivity index (χ3v) is 2.40. The summed E-state index contributed by atoms with van der Waals surface area (Å²) in [4.78, 5) is 11.4. The maximum Gasteiger partial charge on any atom is 0.223 e. The first-order valence-corrected chi connectivity index (χ1v) is 6.13. The van der Waals surface area contributed by atoms with Gasteiger partial charge in [0, 0.05) is 13.0 Å². The van der Waals surface area contributed by atoms with Gasteiger partial charge in [0.1, 0.15) is 11.6 Å². The van der Waals surface area contributed by atoms with Crippen molar-refractivity contribution >= 4 is 11.7 Å². The molecule has 1 aromatic carbocycles. The second-order valence-electron chi connectivity index (χ2n) is 3.96. The molecule has 0 atom stereocenters. The molecule has 4 N–H and O–H groups in total. The first kappa shape index (κ1) is 14.8. The van der Waals surface area contributed by atoms with Gasteiger partial charge in [-0.3, -0.25) is 4.79 Å². The fraction of sp³-hybridized carbons (Fsp3) is 0.385. The van der Waals surface area contributed by atoms with Crippen molar-refractivity contribution < 1.29 is 14.7 Å². The Kier molecular flexibility index (Phi) is 6.86. The van der Waals surface area contributed by atoms with Crippen LogP contribution in [0.1, 0.15) is 19.3 Å². The topological polar surface area (TPSA) is 96.9 Å². The monoisotopic (exact) mass is 265 g/mol. The predicted octanol–water partition coefficient (Wildman–Crippen LogP) is 1.10. The normalized spacial score (nSPS) is 11.1. The second-order valence-corrected chi connectivity index (χ2v) is 3.96. The molecular formula is C13H19N3O3. The predicted molar refractivity (Wildman–Crippen MR) is 72.2 cm³/mol. The number of hydrogen-bond acceptors (Lipinski definition) is 4. The Balaban J connectivity index is 2.05. The van der Waals surface area contributed by atoms with Crippen LogP contribution in [-0.2, 0) is 4.79 Å². The van der Waals surface area contributed by atoms with Crippen molar-refractivity contribution in [2.24, 2.45) is 10.9 Å². The van der Waals surface area contributed by atoms with Crippen LogP contribution >= 0.6 is 0 Å². The van der Waals surface area contributed by atoms with Gasteiger partial charge in [-0.15, -0.1) is 0 Å². The molecule has 6 nitrogen and oxygen atoms in total. The summed E-state index contributed by atoms with van der Waals surface area (Å²) in [5.74, 6) is 0.847. The number of carbonyl (C=O) groups is 1. The number of rotatable bonds is 8. The standard InChI is InChI=1S/C13H19N3O3/c14-12(16-18)7-4-9-15-13(17)8-10-19-11-5-2-1-3-6-11/h1-3,5-6,18H,4,7-10H2,(H2,14,16)(H,15,17). The maximum absolute atomic E-state index is 11.4. The van der Waals surface area contributed by atoms with Gasteiger partial charge in [-0.05, 0) is 18.6 Å². The van der Waals surface area contributed by atoms with Crippen LogP contribution in [0.3, 0.4) is 0 Å². The second kappa shape index (κ2) is 8.79. The quantitative estimate of drug-likeness (QED) is 0.215. The summed E-state index contributed by atoms with van der Waals surface area (Å²) in [7, 11) is 0. The molecule has 19 heavy (non-hydrogen) atoms. The Morgan fingerprint density at radius 2 is 2.05 bits per heavy atom. The van der Waals surface area contributed by atoms with Gasteiger partial charge in [-0.25, -0.2) is 0 Å². The average Bonchev–Trinajstić information content (AvgIpc) is 2.44. The van der Waals surface area contributed by atoms with Crippen LogP contribution in [0.4, 0.5) is 0 Å². The van der Waals surface area contributed by atoms with Crippen molar-refractivity contribution in [2.75, 3.05) is 13.2 Å². The van der Waals surface area contributed by atoms with E-state index in [1.54, 1.807) is 0 Å². The molecule has 0 saturated heterocycles. The molecule has 0 spiro atoms. The van der Waals surface area contributed by atoms with Crippen LogP contribution in [0.2, 0.25) is 0 Å². The highest BCUT2D eigenvalue weighted by atomic mass is 16.5. The minimum absolute atomic E-state index is 0.0737. The number of para-hydroxylation sites is 1. The molecule has 0 heterocycles. The summed E-state index contributed by atoms with van der Waals surface area (Å²) in [6.45, 7) is 0.844. The van der Waals surface area contributed by atoms with Gasteiger partial charge in [0.2, 0.25) is 5.91 Å². The third kappa shape index (κ3) is 6.92. The molecule has 6 heteroatoms. The van der Waals surface area contributed by atoms with E-state index in [1.165, 1.54) is 0 Å². The first-order valence-electron chi connectivity index (χ1n) is 6.13. The number of hydrogen-bond donors (Lipinski definition) is 3. The molecule has 0 aliphatic heterocycles. The van der Waals surface area contributed by atoms with Crippen molar-refractivity contribution in [3.8, 4) is 5.75 Å². The number of amidine groups is 1. The zero-order valence-electron chi connectivity index (χ0n) is 10.7. The van der Waals surface area contributed by atoms with E-state index in [0.29, 0.717) is 32.4 Å². The van der Waals surface area contributed by atoms with Crippen LogP contribution in [0.25, 0.3) is 0 Å². The molecule has 0 saturated carbocycles. The summed E-state index contributed by atoms with van der Waals surface area (Å²) in [6.07, 6.45) is 1.40. The number of ether oxygens (including phenoxy) is 1. The lowest BCUT2D eigenvalue weighted by Gasteiger charge is -2.07. The Morgan fingerprint density at radius 3 is 2.74 bits per heavy atom. The third-order valence-electron chi connectivity index (χ3n) is 2.40. The zero-order valence-corrected chi connectivity index (χ0v) is 10.7. The first-order chi connectivity index (χ1) is 9.22. The lowest BCUT2D eigenvalue weighted by atomic mass is 10.3. The Bertz CT molecular complexity index is 407. The van der Waals surface area contributed by atoms with Gasteiger partial charge < -0.3 is 21.0 Å². The van der Waals surface area contributed by atoms with Crippen molar-refractivity contribution in [3.05, 3.63) is 30.3 Å². The lowest BCUT2D eigenvalue weighted by molar-refractivity contribution is -0.121. The summed E-state index contributed by atoms with van der Waals surface area (Å²) in [5.41, 5.74) is 5.30. The molecule has 104 valence electrons. The number of carbonyl (C=O) groups excluding carboxylic acids is 1. The number of nitrogens with one attached hydrogen (secondary N) is 1. The summed E-state index contributed by atoms with van der Waals surface area (Å²) < 4.78 is 5.41. The van der Waals surface area contributed by atoms with Crippen molar-refractivity contribution in [2.45, 2.75) is 19.3 Å². The molecular weight excluding hydrogens is 246 g/mol. The molecule has 0 radical (unpaired) electrons. The summed E-state index contributed by atoms with van der Waals surface area (Å²) in [6, 6.07) is 9.34. The highest BCUT2D eigenvalue weighted by Crippen LogP contribution is 2.08. The fourth-order valence-corrected chi connectivity index (χ4v) is 1.41. The van der Waals surface area contributed by atoms with E-state index < -0.39 is 0 Å². The Morgan fingerprint density at radius 1 is 1.32 bits per heavy atom. The zero-order chi connectivity index (χ0) is 13.9. The molecule has 0 bridgehead atoms. The number of nitrogens with two attached hydrogens (primary N) is 1. The van der Waals surface area contributed by atoms with Crippen LogP contribution in [0.15, 0.2) is 35.5 Å². The summed E-state index contributed by atoms with van der Waals surface area (Å²) >= 11 is 0. The minimum Gasteiger partial charge on any atom is -0.493 e. The lowest BCUT2D eigenvalue weighted by Crippen LogP contribution is -2.26. The van der Waals surface area contributed by atoms with Crippen LogP contribution in [0.5, 0.6) is 5.75 Å². The van der Waals surface area contributed by atoms with Crippen LogP contribution in [0, 0.1) is 0 Å². The minimum atomic E-state index is -0.0737. The van der Waals surface area contributed by atoms with Crippen LogP contribution in [-0.4, -0.2) is 30.1 Å². The fourth-order valence-electron chi connectivity index (χ4n) is 1.41. The van der Waals surface area contributed by atoms with Crippen molar-refractivity contribution in [1.29, 1.82) is 0 Å². The summed E-state index contributed by atoms with van der Waals surface area (Å²) in [5, 5.41) is 13.9. The van der Waals surface area contributed by atoms with Gasteiger partial charge in [-0.1, -0.05) is 23.4 Å². The number of benzene rings is 1. The van der Waals surface area contributed by atoms with E-state index in [9.17, 15) is 4.79 Å². The van der Waals surface area contributed by atoms with Gasteiger partial charge in [0.05, 0.1) is 13.0 Å². The molecule has 0 unspecified atom stereocenters. The molecule has 0 fully saturated rings. The number of nitrogens with zero attached hydrogens (tertiary/aromatic N) is 1. The van der Waals surface area contributed by atoms with Gasteiger partial charge in [0.25, 0.3) is 0 Å². The smallest absolute Gasteiger partial charge is 0.223 e. The van der Waals surface area contributed by atoms with Gasteiger partial charge >= 0.3 is 0 Å². The molecule has 0 aliphatic rings. The van der Waals surface area contributed by atoms with Crippen LogP contribution < -0.4 is 15.8 Å². The molecule has 0 aromatic heterocycles. The highest BCUT2D eigenvalue weighted by molar-refractivity contribution is 5.79. The van der Waals surface area contributed by atoms with E-state index in [0.717, 1.165) is 5.75 Å². The molecule has 1 rings (SSSR count). The largest absolute Gasteiger partial charge is 0.493 e. The van der Waals surface area contributed by atoms with Crippen molar-refractivity contribution in [3.63, 3.8) is 0 Å². The van der Waals surface area contributed by atoms with E-state index in [2.05, 4.69) is 10.5 Å². The molecule has 1 amide bonds. The highest BCUT2D eigenvalue weighted by Gasteiger charge is 2.01.